The maximum Gasteiger partial charge on any atom is 0.451 e. The number of allylic oxidation sites excluding steroid dienone is 1. The van der Waals surface area contributed by atoms with Crippen molar-refractivity contribution >= 4 is 142 Å². The fourth-order valence-electron chi connectivity index (χ4n) is 10.5. The third-order valence-electron chi connectivity index (χ3n) is 15.8. The van der Waals surface area contributed by atoms with E-state index in [2.05, 4.69) is 79.3 Å². The minimum atomic E-state index is -4.56. The predicted octanol–water partition coefficient (Wildman–Crippen LogP) is 15.4. The van der Waals surface area contributed by atoms with E-state index in [1.807, 2.05) is 4.90 Å². The summed E-state index contributed by atoms with van der Waals surface area (Å²) in [6, 6.07) is 19.3. The highest BCUT2D eigenvalue weighted by molar-refractivity contribution is 8.01. The monoisotopic (exact) mass is 1660 g/mol. The quantitative estimate of drug-likeness (QED) is 0.00800. The Labute approximate surface area is 652 Å². The average molecular weight is 1660 g/mol. The van der Waals surface area contributed by atoms with Crippen LogP contribution in [0.3, 0.4) is 0 Å². The van der Waals surface area contributed by atoms with E-state index in [0.717, 1.165) is 62.4 Å². The zero-order valence-electron chi connectivity index (χ0n) is 57.5. The van der Waals surface area contributed by atoms with Gasteiger partial charge in [-0.15, -0.1) is 35.3 Å². The Balaban J connectivity index is 0.000000184. The van der Waals surface area contributed by atoms with E-state index >= 15 is 0 Å². The fourth-order valence-corrected chi connectivity index (χ4v) is 16.1. The van der Waals surface area contributed by atoms with Gasteiger partial charge in [-0.25, -0.2) is 44.9 Å². The summed E-state index contributed by atoms with van der Waals surface area (Å²) >= 11 is 13.3. The number of carbonyl (C=O) groups excluding carboxylic acids is 5. The van der Waals surface area contributed by atoms with Crippen molar-refractivity contribution in [1.29, 1.82) is 0 Å². The molecular formula is C69H66ClF9N18O7S6. The van der Waals surface area contributed by atoms with Gasteiger partial charge in [-0.2, -0.15) is 39.5 Å². The highest BCUT2D eigenvalue weighted by Gasteiger charge is 2.37. The first-order valence-electron chi connectivity index (χ1n) is 33.0. The van der Waals surface area contributed by atoms with Crippen LogP contribution in [0.5, 0.6) is 0 Å². The van der Waals surface area contributed by atoms with E-state index in [1.54, 1.807) is 76.9 Å². The molecule has 9 heterocycles. The Bertz CT molecular complexity index is 4590. The van der Waals surface area contributed by atoms with Crippen molar-refractivity contribution in [2.75, 3.05) is 66.3 Å². The number of benzene rings is 3. The molecule has 6 N–H and O–H groups in total. The van der Waals surface area contributed by atoms with Gasteiger partial charge in [0.25, 0.3) is 23.4 Å². The molecule has 110 heavy (non-hydrogen) atoms. The van der Waals surface area contributed by atoms with Gasteiger partial charge in [-0.1, -0.05) is 47.2 Å². The zero-order chi connectivity index (χ0) is 79.1. The van der Waals surface area contributed by atoms with Crippen molar-refractivity contribution in [2.45, 2.75) is 105 Å². The number of rotatable bonds is 22. The van der Waals surface area contributed by atoms with Crippen molar-refractivity contribution in [3.63, 3.8) is 0 Å². The number of aromatic nitrogens is 9. The zero-order valence-corrected chi connectivity index (χ0v) is 63.2. The second kappa shape index (κ2) is 39.7. The van der Waals surface area contributed by atoms with E-state index in [4.69, 9.17) is 17.3 Å². The number of piperidine rings is 3. The third-order valence-corrected chi connectivity index (χ3v) is 22.5. The van der Waals surface area contributed by atoms with Crippen LogP contribution in [0, 0.1) is 10.1 Å². The standard InChI is InChI=1S/C24H23F3N6O2S2.C21H19F3N6O3S2.C21H21F3N6OS2.C3H3ClO/c1-2-19(34)31-17-7-5-16(6-8-17)21(35)33-9-3-4-18(13-33)32-23-30-12-20(37-23)36-14-15-10-28-22(29-11-15)24(25,26)27;22-21(23,24)19-25-8-13(9-26-19)12-34-17-10-27-20(35-17)28-15-2-1-7-29(11-15)18(31)14-3-5-16(6-4-14)30(32)33;22-21(23,24)19-26-8-13(9-27-19)12-32-17-10-28-20(33-17)29-16-2-1-7-30(11-16)18(31)14-3-5-15(25)6-4-14;1-2-3(4)5/h2,5-8,10-12,18H,1,3-4,9,13-14H2,(H,30,32)(H,31,34);3-6,8-10,15H,1-2,7,11-12H2,(H,27,28);3-6,8-10,16H,1-2,7,11-12,25H2,(H,28,29);2H,1H2/t18-;15-;16-;/m111./s1. The molecule has 4 amide bonds. The van der Waals surface area contributed by atoms with Gasteiger partial charge in [0.1, 0.15) is 0 Å². The summed E-state index contributed by atoms with van der Waals surface area (Å²) in [6.45, 7) is 10.0. The number of nitro benzene ring substituents is 1. The summed E-state index contributed by atoms with van der Waals surface area (Å²) in [5.74, 6) is -2.80. The number of carbonyl (C=O) groups is 5. The van der Waals surface area contributed by atoms with E-state index in [-0.39, 0.29) is 47.4 Å². The highest BCUT2D eigenvalue weighted by Crippen LogP contribution is 2.37. The fraction of sp³-hybridized carbons (Fsp3) is 0.304. The third kappa shape index (κ3) is 26.2. The number of non-ortho nitro benzene ring substituents is 1. The molecule has 3 fully saturated rings. The molecule has 12 rings (SSSR count). The normalized spacial score (nSPS) is 15.7. The minimum Gasteiger partial charge on any atom is -0.399 e. The highest BCUT2D eigenvalue weighted by atomic mass is 35.5. The predicted molar refractivity (Wildman–Crippen MR) is 404 cm³/mol. The molecule has 6 aromatic heterocycles. The molecule has 9 aromatic rings. The lowest BCUT2D eigenvalue weighted by Gasteiger charge is -2.33. The van der Waals surface area contributed by atoms with Crippen LogP contribution in [0.15, 0.2) is 167 Å². The van der Waals surface area contributed by atoms with E-state index in [9.17, 15) is 73.6 Å². The van der Waals surface area contributed by atoms with Crippen molar-refractivity contribution < 1.29 is 68.4 Å². The molecule has 3 aromatic carbocycles. The number of amides is 4. The van der Waals surface area contributed by atoms with Crippen molar-refractivity contribution in [1.82, 2.24) is 59.6 Å². The van der Waals surface area contributed by atoms with E-state index < -0.39 is 46.2 Å². The molecule has 0 saturated carbocycles. The largest absolute Gasteiger partial charge is 0.451 e. The topological polar surface area (TPSA) is 328 Å². The number of alkyl halides is 9. The first-order chi connectivity index (χ1) is 52.4. The maximum absolute atomic E-state index is 13.0. The minimum absolute atomic E-state index is 0.00180. The number of hydrogen-bond acceptors (Lipinski definition) is 26. The molecule has 3 aliphatic heterocycles. The lowest BCUT2D eigenvalue weighted by Crippen LogP contribution is -2.45. The molecule has 0 aliphatic carbocycles. The second-order valence-electron chi connectivity index (χ2n) is 24.0. The van der Waals surface area contributed by atoms with Crippen LogP contribution in [-0.2, 0) is 45.4 Å². The molecule has 3 saturated heterocycles. The molecule has 0 bridgehead atoms. The van der Waals surface area contributed by atoms with Crippen LogP contribution in [-0.4, -0.2) is 151 Å². The Morgan fingerprint density at radius 2 is 0.800 bits per heavy atom. The Hall–Kier alpha value is -9.87. The van der Waals surface area contributed by atoms with Crippen LogP contribution in [0.2, 0.25) is 0 Å². The van der Waals surface area contributed by atoms with E-state index in [0.29, 0.717) is 112 Å². The summed E-state index contributed by atoms with van der Waals surface area (Å²) in [4.78, 5) is 109. The summed E-state index contributed by atoms with van der Waals surface area (Å²) < 4.78 is 116. The molecule has 25 nitrogen and oxygen atoms in total. The van der Waals surface area contributed by atoms with Gasteiger partial charge in [0, 0.05) is 152 Å². The number of thioether (sulfide) groups is 3. The van der Waals surface area contributed by atoms with Gasteiger partial charge >= 0.3 is 18.5 Å². The second-order valence-corrected chi connectivity index (χ2v) is 31.3. The number of nitrogens with one attached hydrogen (secondary N) is 4. The molecule has 580 valence electrons. The van der Waals surface area contributed by atoms with Gasteiger partial charge < -0.3 is 41.7 Å². The number of thiazole rings is 3. The van der Waals surface area contributed by atoms with Crippen LogP contribution in [0.1, 0.15) is 104 Å². The molecular weight excluding hydrogens is 1590 g/mol. The Morgan fingerprint density at radius 3 is 1.08 bits per heavy atom. The number of hydrogen-bond donors (Lipinski definition) is 5. The van der Waals surface area contributed by atoms with Crippen molar-refractivity contribution in [3.8, 4) is 0 Å². The lowest BCUT2D eigenvalue weighted by atomic mass is 10.0. The molecule has 0 radical (unpaired) electrons. The van der Waals surface area contributed by atoms with Gasteiger partial charge in [0.15, 0.2) is 15.4 Å². The van der Waals surface area contributed by atoms with Crippen molar-refractivity contribution in [3.05, 3.63) is 215 Å². The Morgan fingerprint density at radius 1 is 0.500 bits per heavy atom. The summed E-state index contributed by atoms with van der Waals surface area (Å²) in [5.41, 5.74) is 10.1. The SMILES string of the molecule is C=CC(=O)Cl.C=CC(=O)Nc1ccc(C(=O)N2CCC[C@@H](Nc3ncc(SCc4cnc(C(F)(F)F)nc4)s3)C2)cc1.Nc1ccc(C(=O)N2CCC[C@@H](Nc3ncc(SCc4cnc(C(F)(F)F)nc4)s3)C2)cc1.O=C(c1ccc([N+](=O)[O-])cc1)N1CCC[C@@H](Nc2ncc(SCc3cnc(C(F)(F)F)nc3)s2)C1. The van der Waals surface area contributed by atoms with Gasteiger partial charge in [0.2, 0.25) is 28.6 Å². The first kappa shape index (κ1) is 84.2. The van der Waals surface area contributed by atoms with Gasteiger partial charge in [-0.3, -0.25) is 34.1 Å². The number of nitrogens with two attached hydrogens (primary N) is 1. The number of anilines is 5. The summed E-state index contributed by atoms with van der Waals surface area (Å²) in [5, 5.41) is 25.2. The van der Waals surface area contributed by atoms with E-state index in [1.165, 1.54) is 137 Å². The Kier molecular flexibility index (Phi) is 30.3. The van der Waals surface area contributed by atoms with Crippen LogP contribution in [0.25, 0.3) is 0 Å². The lowest BCUT2D eigenvalue weighted by molar-refractivity contribution is -0.384. The molecule has 3 atom stereocenters. The van der Waals surface area contributed by atoms with Gasteiger partial charge in [0.05, 0.1) is 36.1 Å². The maximum atomic E-state index is 13.0. The number of likely N-dealkylation sites (tertiary alicyclic amines) is 3. The molecule has 3 aliphatic rings. The smallest absolute Gasteiger partial charge is 0.399 e. The average Bonchev–Trinajstić information content (AvgIpc) is 1.40. The molecule has 41 heteroatoms. The summed E-state index contributed by atoms with van der Waals surface area (Å²) in [7, 11) is 0. The molecule has 0 unspecified atom stereocenters. The summed E-state index contributed by atoms with van der Waals surface area (Å²) in [6.07, 6.45) is 5.97. The molecule has 0 spiro atoms. The van der Waals surface area contributed by atoms with Crippen LogP contribution >= 0.6 is 80.9 Å². The van der Waals surface area contributed by atoms with Crippen LogP contribution < -0.4 is 27.0 Å². The van der Waals surface area contributed by atoms with Crippen molar-refractivity contribution in [2.24, 2.45) is 0 Å². The van der Waals surface area contributed by atoms with Crippen LogP contribution in [0.4, 0.5) is 72.0 Å². The number of nitrogen functional groups attached to an aromatic ring is 1. The van der Waals surface area contributed by atoms with Gasteiger partial charge in [-0.05, 0) is 140 Å². The number of halogens is 10. The first-order valence-corrected chi connectivity index (χ1v) is 38.8. The number of nitro groups is 1. The number of nitrogens with zero attached hydrogens (tertiary/aromatic N) is 13.